The van der Waals surface area contributed by atoms with Gasteiger partial charge >= 0.3 is 5.97 Å². The summed E-state index contributed by atoms with van der Waals surface area (Å²) in [6.07, 6.45) is 0.981. The lowest BCUT2D eigenvalue weighted by Gasteiger charge is -2.09. The van der Waals surface area contributed by atoms with Gasteiger partial charge in [-0.05, 0) is 54.7 Å². The first-order valence-corrected chi connectivity index (χ1v) is 8.04. The quantitative estimate of drug-likeness (QED) is 0.415. The Balaban J connectivity index is 1.69. The van der Waals surface area contributed by atoms with E-state index in [0.717, 1.165) is 11.3 Å². The molecule has 2 aromatic carbocycles. The van der Waals surface area contributed by atoms with Crippen LogP contribution in [0.1, 0.15) is 43.7 Å². The molecule has 0 unspecified atom stereocenters. The van der Waals surface area contributed by atoms with E-state index in [-0.39, 0.29) is 5.97 Å². The molecule has 0 fully saturated rings. The molecule has 0 amide bonds. The average molecular weight is 312 g/mol. The van der Waals surface area contributed by atoms with Crippen LogP contribution in [0, 0.1) is 6.92 Å². The molecule has 23 heavy (non-hydrogen) atoms. The van der Waals surface area contributed by atoms with Crippen molar-refractivity contribution in [2.45, 2.75) is 39.5 Å². The number of hydrogen-bond donors (Lipinski definition) is 0. The highest BCUT2D eigenvalue weighted by atomic mass is 16.5. The Hall–Kier alpha value is -2.29. The third-order valence-corrected chi connectivity index (χ3v) is 3.56. The third-order valence-electron chi connectivity index (χ3n) is 3.56. The second kappa shape index (κ2) is 8.37. The van der Waals surface area contributed by atoms with Crippen LogP contribution in [0.25, 0.3) is 0 Å². The summed E-state index contributed by atoms with van der Waals surface area (Å²) in [5.74, 6) is 1.72. The highest BCUT2D eigenvalue weighted by Gasteiger charge is 2.05. The van der Waals surface area contributed by atoms with Gasteiger partial charge in [0.15, 0.2) is 0 Å². The lowest BCUT2D eigenvalue weighted by atomic mass is 10.0. The Labute approximate surface area is 138 Å². The molecule has 0 aliphatic carbocycles. The molecular weight excluding hydrogens is 288 g/mol. The highest BCUT2D eigenvalue weighted by molar-refractivity contribution is 5.72. The zero-order valence-electron chi connectivity index (χ0n) is 14.0. The van der Waals surface area contributed by atoms with E-state index in [2.05, 4.69) is 26.0 Å². The number of benzene rings is 2. The van der Waals surface area contributed by atoms with Crippen LogP contribution >= 0.6 is 0 Å². The molecular formula is C20H24O3. The first-order valence-electron chi connectivity index (χ1n) is 8.04. The third kappa shape index (κ3) is 5.78. The van der Waals surface area contributed by atoms with E-state index in [4.69, 9.17) is 9.47 Å². The number of rotatable bonds is 7. The molecule has 0 spiro atoms. The van der Waals surface area contributed by atoms with Crippen molar-refractivity contribution in [1.29, 1.82) is 0 Å². The molecule has 0 aromatic heterocycles. The van der Waals surface area contributed by atoms with E-state index in [1.807, 2.05) is 37.3 Å². The molecule has 0 aliphatic heterocycles. The SMILES string of the molecule is Cc1cccc(OC(=O)CCCOc2ccc(C(C)C)cc2)c1. The van der Waals surface area contributed by atoms with Gasteiger partial charge in [-0.2, -0.15) is 0 Å². The molecule has 0 N–H and O–H groups in total. The van der Waals surface area contributed by atoms with Gasteiger partial charge < -0.3 is 9.47 Å². The van der Waals surface area contributed by atoms with Crippen molar-refractivity contribution in [2.24, 2.45) is 0 Å². The summed E-state index contributed by atoms with van der Waals surface area (Å²) in [6, 6.07) is 15.6. The van der Waals surface area contributed by atoms with Crippen LogP contribution in [-0.2, 0) is 4.79 Å². The molecule has 0 radical (unpaired) electrons. The molecule has 3 heteroatoms. The number of hydrogen-bond acceptors (Lipinski definition) is 3. The number of ether oxygens (including phenoxy) is 2. The van der Waals surface area contributed by atoms with Gasteiger partial charge in [-0.15, -0.1) is 0 Å². The van der Waals surface area contributed by atoms with E-state index in [1.165, 1.54) is 5.56 Å². The summed E-state index contributed by atoms with van der Waals surface area (Å²) in [4.78, 5) is 11.8. The smallest absolute Gasteiger partial charge is 0.311 e. The largest absolute Gasteiger partial charge is 0.494 e. The Morgan fingerprint density at radius 3 is 2.43 bits per heavy atom. The normalized spacial score (nSPS) is 10.6. The van der Waals surface area contributed by atoms with Crippen molar-refractivity contribution in [3.05, 3.63) is 59.7 Å². The minimum atomic E-state index is -0.227. The Morgan fingerprint density at radius 2 is 1.78 bits per heavy atom. The predicted molar refractivity (Wildman–Crippen MR) is 92.1 cm³/mol. The molecule has 3 nitrogen and oxygen atoms in total. The lowest BCUT2D eigenvalue weighted by molar-refractivity contribution is -0.134. The standard InChI is InChI=1S/C20H24O3/c1-15(2)17-9-11-18(12-10-17)22-13-5-8-20(21)23-19-7-4-6-16(3)14-19/h4,6-7,9-12,14-15H,5,8,13H2,1-3H3. The Kier molecular flexibility index (Phi) is 6.21. The van der Waals surface area contributed by atoms with Crippen LogP contribution in [-0.4, -0.2) is 12.6 Å². The van der Waals surface area contributed by atoms with Crippen molar-refractivity contribution < 1.29 is 14.3 Å². The zero-order chi connectivity index (χ0) is 16.7. The van der Waals surface area contributed by atoms with E-state index in [9.17, 15) is 4.79 Å². The number of aryl methyl sites for hydroxylation is 1. The fourth-order valence-corrected chi connectivity index (χ4v) is 2.22. The van der Waals surface area contributed by atoms with Crippen LogP contribution in [0.4, 0.5) is 0 Å². The molecule has 122 valence electrons. The van der Waals surface area contributed by atoms with E-state index in [1.54, 1.807) is 6.07 Å². The topological polar surface area (TPSA) is 35.5 Å². The summed E-state index contributed by atoms with van der Waals surface area (Å²) in [7, 11) is 0. The predicted octanol–water partition coefficient (Wildman–Crippen LogP) is 4.88. The van der Waals surface area contributed by atoms with Crippen molar-refractivity contribution in [3.8, 4) is 11.5 Å². The van der Waals surface area contributed by atoms with E-state index in [0.29, 0.717) is 31.1 Å². The van der Waals surface area contributed by atoms with Crippen LogP contribution < -0.4 is 9.47 Å². The van der Waals surface area contributed by atoms with Gasteiger partial charge in [0.1, 0.15) is 11.5 Å². The molecule has 0 saturated heterocycles. The van der Waals surface area contributed by atoms with Gasteiger partial charge in [0.2, 0.25) is 0 Å². The Bertz CT molecular complexity index is 630. The lowest BCUT2D eigenvalue weighted by Crippen LogP contribution is -2.10. The first kappa shape index (κ1) is 17.1. The van der Waals surface area contributed by atoms with E-state index < -0.39 is 0 Å². The second-order valence-corrected chi connectivity index (χ2v) is 5.97. The van der Waals surface area contributed by atoms with Gasteiger partial charge in [-0.1, -0.05) is 38.1 Å². The van der Waals surface area contributed by atoms with Crippen LogP contribution in [0.5, 0.6) is 11.5 Å². The van der Waals surface area contributed by atoms with Gasteiger partial charge in [0.05, 0.1) is 6.61 Å². The maximum atomic E-state index is 11.8. The number of esters is 1. The van der Waals surface area contributed by atoms with Gasteiger partial charge in [-0.25, -0.2) is 0 Å². The monoisotopic (exact) mass is 312 g/mol. The van der Waals surface area contributed by atoms with Gasteiger partial charge in [-0.3, -0.25) is 4.79 Å². The minimum Gasteiger partial charge on any atom is -0.494 e. The first-order chi connectivity index (χ1) is 11.0. The van der Waals surface area contributed by atoms with Crippen molar-refractivity contribution >= 4 is 5.97 Å². The van der Waals surface area contributed by atoms with Gasteiger partial charge in [0, 0.05) is 6.42 Å². The fraction of sp³-hybridized carbons (Fsp3) is 0.350. The summed E-state index contributed by atoms with van der Waals surface area (Å²) < 4.78 is 10.9. The highest BCUT2D eigenvalue weighted by Crippen LogP contribution is 2.19. The summed E-state index contributed by atoms with van der Waals surface area (Å²) in [5.41, 5.74) is 2.36. The Morgan fingerprint density at radius 1 is 1.04 bits per heavy atom. The van der Waals surface area contributed by atoms with E-state index >= 15 is 0 Å². The minimum absolute atomic E-state index is 0.227. The number of carbonyl (C=O) groups excluding carboxylic acids is 1. The summed E-state index contributed by atoms with van der Waals surface area (Å²) in [5, 5.41) is 0. The van der Waals surface area contributed by atoms with Crippen molar-refractivity contribution in [1.82, 2.24) is 0 Å². The molecule has 0 atom stereocenters. The summed E-state index contributed by atoms with van der Waals surface area (Å²) in [6.45, 7) is 6.80. The number of carbonyl (C=O) groups is 1. The second-order valence-electron chi connectivity index (χ2n) is 5.97. The van der Waals surface area contributed by atoms with Gasteiger partial charge in [0.25, 0.3) is 0 Å². The maximum Gasteiger partial charge on any atom is 0.311 e. The molecule has 0 bridgehead atoms. The molecule has 2 rings (SSSR count). The molecule has 0 aliphatic rings. The molecule has 0 saturated carbocycles. The molecule has 0 heterocycles. The zero-order valence-corrected chi connectivity index (χ0v) is 14.0. The van der Waals surface area contributed by atoms with Crippen LogP contribution in [0.2, 0.25) is 0 Å². The maximum absolute atomic E-state index is 11.8. The van der Waals surface area contributed by atoms with Crippen LogP contribution in [0.15, 0.2) is 48.5 Å². The average Bonchev–Trinajstić information content (AvgIpc) is 2.52. The molecule has 2 aromatic rings. The fourth-order valence-electron chi connectivity index (χ4n) is 2.22. The van der Waals surface area contributed by atoms with Crippen molar-refractivity contribution in [3.63, 3.8) is 0 Å². The van der Waals surface area contributed by atoms with Crippen LogP contribution in [0.3, 0.4) is 0 Å². The summed E-state index contributed by atoms with van der Waals surface area (Å²) >= 11 is 0. The van der Waals surface area contributed by atoms with Crippen molar-refractivity contribution in [2.75, 3.05) is 6.61 Å².